The van der Waals surface area contributed by atoms with Crippen molar-refractivity contribution in [1.82, 2.24) is 5.32 Å². The number of hydrogen-bond donors (Lipinski definition) is 2. The summed E-state index contributed by atoms with van der Waals surface area (Å²) in [6.45, 7) is 0.752. The van der Waals surface area contributed by atoms with Gasteiger partial charge in [0.2, 0.25) is 5.91 Å². The molecule has 2 aliphatic carbocycles. The molecule has 2 aliphatic rings. The first kappa shape index (κ1) is 22.6. The van der Waals surface area contributed by atoms with Crippen LogP contribution in [0.3, 0.4) is 0 Å². The van der Waals surface area contributed by atoms with Crippen LogP contribution in [0.2, 0.25) is 5.02 Å². The highest BCUT2D eigenvalue weighted by Gasteiger charge is 2.25. The smallest absolute Gasteiger partial charge is 0.252 e. The lowest BCUT2D eigenvalue weighted by Crippen LogP contribution is -2.31. The van der Waals surface area contributed by atoms with Gasteiger partial charge in [-0.1, -0.05) is 11.6 Å². The topological polar surface area (TPSA) is 76.7 Å². The summed E-state index contributed by atoms with van der Waals surface area (Å²) in [7, 11) is 1.55. The van der Waals surface area contributed by atoms with E-state index in [9.17, 15) is 14.0 Å². The first-order valence-electron chi connectivity index (χ1n) is 10.5. The first-order valence-corrected chi connectivity index (χ1v) is 10.8. The van der Waals surface area contributed by atoms with Crippen molar-refractivity contribution in [3.63, 3.8) is 0 Å². The fourth-order valence-corrected chi connectivity index (χ4v) is 4.07. The van der Waals surface area contributed by atoms with Gasteiger partial charge >= 0.3 is 0 Å². The van der Waals surface area contributed by atoms with Crippen molar-refractivity contribution in [2.24, 2.45) is 0 Å². The number of methoxy groups -OCH3 is 1. The van der Waals surface area contributed by atoms with Crippen molar-refractivity contribution >= 4 is 29.1 Å². The highest BCUT2D eigenvalue weighted by molar-refractivity contribution is 6.32. The predicted molar refractivity (Wildman–Crippen MR) is 113 cm³/mol. The van der Waals surface area contributed by atoms with E-state index in [1.54, 1.807) is 7.11 Å². The summed E-state index contributed by atoms with van der Waals surface area (Å²) < 4.78 is 25.3. The van der Waals surface area contributed by atoms with Gasteiger partial charge in [-0.15, -0.1) is 0 Å². The van der Waals surface area contributed by atoms with Crippen LogP contribution < -0.4 is 15.4 Å². The summed E-state index contributed by atoms with van der Waals surface area (Å²) in [5.41, 5.74) is 0.838. The molecule has 0 aliphatic heterocycles. The lowest BCUT2D eigenvalue weighted by atomic mass is 9.90. The molecule has 164 valence electrons. The van der Waals surface area contributed by atoms with Crippen LogP contribution in [0.5, 0.6) is 5.75 Å². The summed E-state index contributed by atoms with van der Waals surface area (Å²) in [5, 5.41) is 5.54. The Labute approximate surface area is 181 Å². The third-order valence-corrected chi connectivity index (χ3v) is 5.77. The number of benzene rings is 1. The number of carbonyl (C=O) groups is 2. The van der Waals surface area contributed by atoms with Gasteiger partial charge < -0.3 is 20.1 Å². The third-order valence-electron chi connectivity index (χ3n) is 5.47. The van der Waals surface area contributed by atoms with E-state index in [1.807, 2.05) is 0 Å². The second-order valence-corrected chi connectivity index (χ2v) is 8.06. The maximum Gasteiger partial charge on any atom is 0.252 e. The van der Waals surface area contributed by atoms with Gasteiger partial charge in [0.25, 0.3) is 5.91 Å². The molecule has 3 rings (SSSR count). The molecule has 6 nitrogen and oxygen atoms in total. The lowest BCUT2D eigenvalue weighted by Gasteiger charge is -2.20. The van der Waals surface area contributed by atoms with Crippen molar-refractivity contribution in [3.05, 3.63) is 34.1 Å². The number of nitrogens with one attached hydrogen (secondary N) is 2. The molecule has 0 saturated heterocycles. The minimum absolute atomic E-state index is 0.00499. The molecule has 0 bridgehead atoms. The number of hydrogen-bond acceptors (Lipinski definition) is 4. The Bertz CT molecular complexity index is 822. The molecule has 1 fully saturated rings. The lowest BCUT2D eigenvalue weighted by molar-refractivity contribution is -0.119. The molecule has 8 heteroatoms. The van der Waals surface area contributed by atoms with Crippen LogP contribution in [0.15, 0.2) is 23.3 Å². The fraction of sp³-hybridized carbons (Fsp3) is 0.545. The second kappa shape index (κ2) is 10.8. The highest BCUT2D eigenvalue weighted by atomic mass is 35.5. The third kappa shape index (κ3) is 5.73. The largest absolute Gasteiger partial charge is 0.489 e. The normalized spacial score (nSPS) is 17.2. The maximum atomic E-state index is 14.5. The van der Waals surface area contributed by atoms with E-state index < -0.39 is 11.7 Å². The van der Waals surface area contributed by atoms with Crippen LogP contribution in [-0.4, -0.2) is 38.2 Å². The number of anilines is 1. The number of carbonyl (C=O) groups excluding carboxylic acids is 2. The van der Waals surface area contributed by atoms with Crippen molar-refractivity contribution in [1.29, 1.82) is 0 Å². The summed E-state index contributed by atoms with van der Waals surface area (Å²) in [6, 6.07) is 2.57. The zero-order valence-electron chi connectivity index (χ0n) is 17.2. The number of halogens is 2. The minimum atomic E-state index is -0.644. The maximum absolute atomic E-state index is 14.5. The molecule has 1 aromatic rings. The summed E-state index contributed by atoms with van der Waals surface area (Å²) in [6.07, 6.45) is 6.73. The summed E-state index contributed by atoms with van der Waals surface area (Å²) in [4.78, 5) is 25.4. The SMILES string of the molecule is COCCNC(=O)C1=C(C(=O)Nc2cc(OC3CCCC3)c(Cl)cc2F)CCCC1. The molecule has 0 spiro atoms. The Hall–Kier alpha value is -2.12. The van der Waals surface area contributed by atoms with E-state index >= 15 is 0 Å². The van der Waals surface area contributed by atoms with E-state index in [2.05, 4.69) is 10.6 Å². The van der Waals surface area contributed by atoms with E-state index in [0.717, 1.165) is 44.6 Å². The van der Waals surface area contributed by atoms with Gasteiger partial charge in [-0.05, 0) is 57.4 Å². The van der Waals surface area contributed by atoms with Gasteiger partial charge in [0.1, 0.15) is 11.6 Å². The van der Waals surface area contributed by atoms with Crippen molar-refractivity contribution in [2.45, 2.75) is 57.5 Å². The zero-order chi connectivity index (χ0) is 21.5. The number of amides is 2. The van der Waals surface area contributed by atoms with Gasteiger partial charge in [0, 0.05) is 30.9 Å². The van der Waals surface area contributed by atoms with E-state index in [4.69, 9.17) is 21.1 Å². The highest BCUT2D eigenvalue weighted by Crippen LogP contribution is 2.34. The van der Waals surface area contributed by atoms with Crippen LogP contribution in [0, 0.1) is 5.82 Å². The molecular formula is C22H28ClFN2O4. The summed E-state index contributed by atoms with van der Waals surface area (Å²) in [5.74, 6) is -1.04. The fourth-order valence-electron chi connectivity index (χ4n) is 3.88. The zero-order valence-corrected chi connectivity index (χ0v) is 17.9. The van der Waals surface area contributed by atoms with Crippen molar-refractivity contribution < 1.29 is 23.5 Å². The predicted octanol–water partition coefficient (Wildman–Crippen LogP) is 4.37. The Morgan fingerprint density at radius 2 is 1.77 bits per heavy atom. The average Bonchev–Trinajstić information content (AvgIpc) is 3.24. The molecule has 0 aromatic heterocycles. The second-order valence-electron chi connectivity index (χ2n) is 7.65. The molecular weight excluding hydrogens is 411 g/mol. The van der Waals surface area contributed by atoms with E-state index in [1.165, 1.54) is 6.07 Å². The number of rotatable bonds is 8. The minimum Gasteiger partial charge on any atom is -0.489 e. The molecule has 1 aromatic carbocycles. The van der Waals surface area contributed by atoms with E-state index in [0.29, 0.717) is 42.9 Å². The van der Waals surface area contributed by atoms with Crippen LogP contribution in [0.4, 0.5) is 10.1 Å². The molecule has 1 saturated carbocycles. The summed E-state index contributed by atoms with van der Waals surface area (Å²) >= 11 is 6.14. The average molecular weight is 439 g/mol. The quantitative estimate of drug-likeness (QED) is 0.591. The molecule has 2 amide bonds. The molecule has 0 heterocycles. The monoisotopic (exact) mass is 438 g/mol. The van der Waals surface area contributed by atoms with Gasteiger partial charge in [0.15, 0.2) is 0 Å². The Balaban J connectivity index is 1.76. The molecule has 0 radical (unpaired) electrons. The van der Waals surface area contributed by atoms with Gasteiger partial charge in [-0.2, -0.15) is 0 Å². The first-order chi connectivity index (χ1) is 14.5. The Morgan fingerprint density at radius 3 is 2.43 bits per heavy atom. The Kier molecular flexibility index (Phi) is 8.10. The molecule has 2 N–H and O–H groups in total. The van der Waals surface area contributed by atoms with Gasteiger partial charge in [0.05, 0.1) is 23.4 Å². The van der Waals surface area contributed by atoms with Crippen molar-refractivity contribution in [2.75, 3.05) is 25.6 Å². The van der Waals surface area contributed by atoms with Crippen molar-refractivity contribution in [3.8, 4) is 5.75 Å². The molecule has 30 heavy (non-hydrogen) atoms. The van der Waals surface area contributed by atoms with Crippen LogP contribution in [0.25, 0.3) is 0 Å². The molecule has 0 atom stereocenters. The van der Waals surface area contributed by atoms with Gasteiger partial charge in [-0.25, -0.2) is 4.39 Å². The van der Waals surface area contributed by atoms with Gasteiger partial charge in [-0.3, -0.25) is 9.59 Å². The Morgan fingerprint density at radius 1 is 1.10 bits per heavy atom. The number of ether oxygens (including phenoxy) is 2. The van der Waals surface area contributed by atoms with Crippen LogP contribution >= 0.6 is 11.6 Å². The standard InChI is InChI=1S/C22H28ClFN2O4/c1-29-11-10-25-21(27)15-8-4-5-9-16(15)22(28)26-19-13-20(17(23)12-18(19)24)30-14-6-2-3-7-14/h12-14H,2-11H2,1H3,(H,25,27)(H,26,28). The van der Waals surface area contributed by atoms with Crippen LogP contribution in [0.1, 0.15) is 51.4 Å². The van der Waals surface area contributed by atoms with Crippen LogP contribution in [-0.2, 0) is 14.3 Å². The van der Waals surface area contributed by atoms with E-state index in [-0.39, 0.29) is 22.7 Å². The molecule has 0 unspecified atom stereocenters.